The van der Waals surface area contributed by atoms with Crippen LogP contribution in [0.4, 0.5) is 18.0 Å². The summed E-state index contributed by atoms with van der Waals surface area (Å²) in [5, 5.41) is 9.44. The van der Waals surface area contributed by atoms with Gasteiger partial charge in [-0.05, 0) is 75.6 Å². The molecule has 1 N–H and O–H groups in total. The van der Waals surface area contributed by atoms with Crippen molar-refractivity contribution in [2.24, 2.45) is 4.99 Å². The molecule has 3 aromatic carbocycles. The van der Waals surface area contributed by atoms with Gasteiger partial charge in [-0.25, -0.2) is 14.5 Å². The van der Waals surface area contributed by atoms with Crippen molar-refractivity contribution in [3.05, 3.63) is 106 Å². The first-order valence-electron chi connectivity index (χ1n) is 13.3. The molecule has 0 radical (unpaired) electrons. The van der Waals surface area contributed by atoms with Gasteiger partial charge in [0.1, 0.15) is 12.1 Å². The molecule has 0 atom stereocenters. The van der Waals surface area contributed by atoms with Crippen molar-refractivity contribution >= 4 is 17.4 Å². The third-order valence-electron chi connectivity index (χ3n) is 6.85. The van der Waals surface area contributed by atoms with Crippen LogP contribution in [0.2, 0.25) is 0 Å². The molecule has 0 saturated heterocycles. The Morgan fingerprint density at radius 1 is 0.953 bits per heavy atom. The number of thiazole rings is 1. The number of nitrogens with zero attached hydrogens (tertiary/aromatic N) is 5. The molecule has 0 spiro atoms. The zero-order chi connectivity index (χ0) is 30.9. The highest BCUT2D eigenvalue weighted by molar-refractivity contribution is 7.07. The predicted octanol–water partition coefficient (Wildman–Crippen LogP) is 7.16. The van der Waals surface area contributed by atoms with E-state index in [1.54, 1.807) is 0 Å². The van der Waals surface area contributed by atoms with Crippen LogP contribution < -0.4 is 14.9 Å². The fourth-order valence-corrected chi connectivity index (χ4v) is 5.57. The number of ether oxygens (including phenoxy) is 1. The van der Waals surface area contributed by atoms with Crippen molar-refractivity contribution in [3.63, 3.8) is 0 Å². The minimum absolute atomic E-state index is 0.319. The van der Waals surface area contributed by atoms with E-state index < -0.39 is 17.9 Å². The van der Waals surface area contributed by atoms with Gasteiger partial charge < -0.3 is 10.1 Å². The van der Waals surface area contributed by atoms with Crippen LogP contribution in [0.5, 0.6) is 5.75 Å². The normalized spacial score (nSPS) is 12.4. The number of aromatic nitrogens is 4. The van der Waals surface area contributed by atoms with Gasteiger partial charge in [-0.15, -0.1) is 29.6 Å². The minimum Gasteiger partial charge on any atom is -0.406 e. The SMILES string of the molecule is Cc1cccc(C)c1-n1c(C)csc1=NC(=O)NC(C)(C)c1ccc(-c2ncn(-c3ccc(OC(F)(F)F)cc3)n2)cc1. The number of carbonyl (C=O) groups excluding carboxylic acids is 1. The topological polar surface area (TPSA) is 86.3 Å². The lowest BCUT2D eigenvalue weighted by Crippen LogP contribution is -2.40. The summed E-state index contributed by atoms with van der Waals surface area (Å²) in [7, 11) is 0. The average Bonchev–Trinajstić information content (AvgIpc) is 3.56. The van der Waals surface area contributed by atoms with E-state index >= 15 is 0 Å². The summed E-state index contributed by atoms with van der Waals surface area (Å²) >= 11 is 1.41. The fourth-order valence-electron chi connectivity index (χ4n) is 4.71. The maximum absolute atomic E-state index is 13.1. The number of halogens is 3. The quantitative estimate of drug-likeness (QED) is 0.222. The highest BCUT2D eigenvalue weighted by atomic mass is 32.1. The highest BCUT2D eigenvalue weighted by Gasteiger charge is 2.31. The number of benzene rings is 3. The number of hydrogen-bond acceptors (Lipinski definition) is 5. The Balaban J connectivity index is 1.31. The summed E-state index contributed by atoms with van der Waals surface area (Å²) in [6.07, 6.45) is -3.28. The van der Waals surface area contributed by atoms with Gasteiger partial charge in [0.2, 0.25) is 0 Å². The lowest BCUT2D eigenvalue weighted by atomic mass is 9.93. The van der Waals surface area contributed by atoms with Gasteiger partial charge in [0.25, 0.3) is 0 Å². The van der Waals surface area contributed by atoms with Crippen LogP contribution in [0.25, 0.3) is 22.8 Å². The van der Waals surface area contributed by atoms with E-state index in [1.807, 2.05) is 87.0 Å². The highest BCUT2D eigenvalue weighted by Crippen LogP contribution is 2.26. The number of rotatable bonds is 6. The maximum Gasteiger partial charge on any atom is 0.573 e. The Bertz CT molecular complexity index is 1810. The lowest BCUT2D eigenvalue weighted by Gasteiger charge is -2.25. The third-order valence-corrected chi connectivity index (χ3v) is 7.79. The number of nitrogens with one attached hydrogen (secondary N) is 1. The Kier molecular flexibility index (Phi) is 7.98. The molecule has 0 unspecified atom stereocenters. The van der Waals surface area contributed by atoms with Crippen molar-refractivity contribution < 1.29 is 22.7 Å². The molecular formula is C31H29F3N6O2S. The van der Waals surface area contributed by atoms with E-state index in [9.17, 15) is 18.0 Å². The summed E-state index contributed by atoms with van der Waals surface area (Å²) < 4.78 is 44.7. The molecule has 8 nitrogen and oxygen atoms in total. The molecule has 0 fully saturated rings. The zero-order valence-electron chi connectivity index (χ0n) is 24.1. The van der Waals surface area contributed by atoms with Gasteiger partial charge in [-0.3, -0.25) is 4.57 Å². The summed E-state index contributed by atoms with van der Waals surface area (Å²) in [5.74, 6) is 0.115. The molecule has 2 amide bonds. The Hall–Kier alpha value is -4.71. The van der Waals surface area contributed by atoms with E-state index in [2.05, 4.69) is 25.1 Å². The van der Waals surface area contributed by atoms with Gasteiger partial charge in [-0.2, -0.15) is 4.99 Å². The molecule has 5 aromatic rings. The minimum atomic E-state index is -4.76. The standard InChI is InChI=1S/C31H29F3N6O2S/c1-19-7-6-8-20(2)26(19)40-21(3)17-43-29(40)36-28(41)37-30(4,5)23-11-9-22(10-12-23)27-35-18-39(38-27)24-13-15-25(16-14-24)42-31(32,33)34/h6-18H,1-5H3,(H,37,41). The van der Waals surface area contributed by atoms with Crippen molar-refractivity contribution in [1.29, 1.82) is 0 Å². The number of amides is 2. The van der Waals surface area contributed by atoms with Crippen LogP contribution >= 0.6 is 11.3 Å². The van der Waals surface area contributed by atoms with E-state index in [0.717, 1.165) is 33.6 Å². The van der Waals surface area contributed by atoms with E-state index in [-0.39, 0.29) is 5.75 Å². The van der Waals surface area contributed by atoms with Crippen LogP contribution in [0.3, 0.4) is 0 Å². The monoisotopic (exact) mass is 606 g/mol. The Labute approximate surface area is 250 Å². The number of hydrogen-bond donors (Lipinski definition) is 1. The second-order valence-electron chi connectivity index (χ2n) is 10.5. The van der Waals surface area contributed by atoms with Crippen LogP contribution in [-0.4, -0.2) is 31.7 Å². The van der Waals surface area contributed by atoms with Crippen molar-refractivity contribution in [1.82, 2.24) is 24.6 Å². The maximum atomic E-state index is 13.1. The first-order chi connectivity index (χ1) is 20.3. The molecule has 5 rings (SSSR count). The molecule has 0 saturated carbocycles. The second kappa shape index (κ2) is 11.5. The number of carbonyl (C=O) groups is 1. The molecule has 0 aliphatic heterocycles. The lowest BCUT2D eigenvalue weighted by molar-refractivity contribution is -0.274. The smallest absolute Gasteiger partial charge is 0.406 e. The number of para-hydroxylation sites is 1. The van der Waals surface area contributed by atoms with Gasteiger partial charge in [0.05, 0.1) is 16.9 Å². The molecule has 43 heavy (non-hydrogen) atoms. The van der Waals surface area contributed by atoms with Crippen LogP contribution in [0.1, 0.15) is 36.2 Å². The third kappa shape index (κ3) is 6.69. The van der Waals surface area contributed by atoms with Crippen LogP contribution in [0, 0.1) is 20.8 Å². The second-order valence-corrected chi connectivity index (χ2v) is 11.4. The van der Waals surface area contributed by atoms with Crippen molar-refractivity contribution in [3.8, 4) is 28.5 Å². The molecule has 0 bridgehead atoms. The number of alkyl halides is 3. The first-order valence-corrected chi connectivity index (χ1v) is 14.2. The first kappa shape index (κ1) is 29.8. The average molecular weight is 607 g/mol. The Morgan fingerprint density at radius 3 is 2.23 bits per heavy atom. The predicted molar refractivity (Wildman–Crippen MR) is 158 cm³/mol. The van der Waals surface area contributed by atoms with E-state index in [1.165, 1.54) is 46.6 Å². The molecular weight excluding hydrogens is 577 g/mol. The molecule has 12 heteroatoms. The van der Waals surface area contributed by atoms with Gasteiger partial charge in [-0.1, -0.05) is 42.5 Å². The summed E-state index contributed by atoms with van der Waals surface area (Å²) in [6, 6.07) is 18.4. The number of aryl methyl sites for hydroxylation is 3. The zero-order valence-corrected chi connectivity index (χ0v) is 24.9. The molecule has 2 aromatic heterocycles. The van der Waals surface area contributed by atoms with Gasteiger partial charge >= 0.3 is 12.4 Å². The largest absolute Gasteiger partial charge is 0.573 e. The fraction of sp³-hybridized carbons (Fsp3) is 0.226. The molecule has 2 heterocycles. The molecule has 0 aliphatic carbocycles. The Morgan fingerprint density at radius 2 is 1.60 bits per heavy atom. The van der Waals surface area contributed by atoms with Gasteiger partial charge in [0, 0.05) is 16.6 Å². The molecule has 0 aliphatic rings. The van der Waals surface area contributed by atoms with Crippen molar-refractivity contribution in [2.75, 3.05) is 0 Å². The molecule has 222 valence electrons. The van der Waals surface area contributed by atoms with Crippen LogP contribution in [0.15, 0.2) is 83.4 Å². The summed E-state index contributed by atoms with van der Waals surface area (Å²) in [4.78, 5) is 22.4. The van der Waals surface area contributed by atoms with Gasteiger partial charge in [0.15, 0.2) is 10.6 Å². The van der Waals surface area contributed by atoms with Crippen LogP contribution in [-0.2, 0) is 5.54 Å². The number of urea groups is 1. The summed E-state index contributed by atoms with van der Waals surface area (Å²) in [5.41, 5.74) is 5.57. The van der Waals surface area contributed by atoms with Crippen molar-refractivity contribution in [2.45, 2.75) is 46.5 Å². The van der Waals surface area contributed by atoms with E-state index in [0.29, 0.717) is 16.3 Å². The summed E-state index contributed by atoms with van der Waals surface area (Å²) in [6.45, 7) is 9.86. The van der Waals surface area contributed by atoms with E-state index in [4.69, 9.17) is 0 Å².